The Balaban J connectivity index is 1.03. The van der Waals surface area contributed by atoms with Gasteiger partial charge >= 0.3 is 0 Å². The minimum atomic E-state index is -0.276. The number of hydrogen-bond acceptors (Lipinski definition) is 3. The first-order chi connectivity index (χ1) is 27.0. The smallest absolute Gasteiger partial charge is 0.160 e. The number of benzene rings is 8. The predicted octanol–water partition coefficient (Wildman–Crippen LogP) is 13.4. The predicted molar refractivity (Wildman–Crippen MR) is 227 cm³/mol. The summed E-state index contributed by atoms with van der Waals surface area (Å²) in [6.45, 7) is 4.58. The van der Waals surface area contributed by atoms with E-state index in [1.54, 1.807) is 0 Å². The molecule has 0 amide bonds. The van der Waals surface area contributed by atoms with E-state index in [-0.39, 0.29) is 5.41 Å². The van der Waals surface area contributed by atoms with Gasteiger partial charge in [0, 0.05) is 54.9 Å². The summed E-state index contributed by atoms with van der Waals surface area (Å²) in [6, 6.07) is 58.8. The third-order valence-corrected chi connectivity index (χ3v) is 11.9. The van der Waals surface area contributed by atoms with Crippen LogP contribution in [0.2, 0.25) is 0 Å². The molecular formula is C51H33N3O. The van der Waals surface area contributed by atoms with Gasteiger partial charge < -0.3 is 8.98 Å². The van der Waals surface area contributed by atoms with E-state index in [1.165, 1.54) is 43.7 Å². The highest BCUT2D eigenvalue weighted by molar-refractivity contribution is 6.14. The van der Waals surface area contributed by atoms with Crippen molar-refractivity contribution in [1.29, 1.82) is 0 Å². The van der Waals surface area contributed by atoms with Crippen LogP contribution in [0.4, 0.5) is 0 Å². The lowest BCUT2D eigenvalue weighted by Gasteiger charge is -2.23. The lowest BCUT2D eigenvalue weighted by molar-refractivity contribution is 0.657. The first-order valence-electron chi connectivity index (χ1n) is 18.9. The van der Waals surface area contributed by atoms with Crippen LogP contribution in [0.15, 0.2) is 168 Å². The van der Waals surface area contributed by atoms with Crippen LogP contribution >= 0.6 is 0 Å². The van der Waals surface area contributed by atoms with Crippen molar-refractivity contribution in [2.45, 2.75) is 19.3 Å². The van der Waals surface area contributed by atoms with Crippen LogP contribution in [0.5, 0.6) is 0 Å². The molecule has 0 spiro atoms. The molecular weight excluding hydrogens is 671 g/mol. The van der Waals surface area contributed by atoms with Crippen LogP contribution in [0, 0.1) is 0 Å². The molecule has 0 saturated carbocycles. The normalized spacial score (nSPS) is 13.4. The average Bonchev–Trinajstić information content (AvgIpc) is 3.84. The summed E-state index contributed by atoms with van der Waals surface area (Å²) in [7, 11) is 0. The largest absolute Gasteiger partial charge is 0.456 e. The van der Waals surface area contributed by atoms with Gasteiger partial charge in [-0.1, -0.05) is 123 Å². The van der Waals surface area contributed by atoms with Crippen molar-refractivity contribution in [1.82, 2.24) is 14.5 Å². The van der Waals surface area contributed by atoms with Gasteiger partial charge in [-0.3, -0.25) is 0 Å². The number of hydrogen-bond donors (Lipinski definition) is 0. The fraction of sp³-hybridized carbons (Fsp3) is 0.0588. The minimum absolute atomic E-state index is 0.276. The maximum atomic E-state index is 6.37. The molecule has 3 aromatic heterocycles. The summed E-state index contributed by atoms with van der Waals surface area (Å²) in [4.78, 5) is 10.8. The van der Waals surface area contributed by atoms with E-state index in [2.05, 4.69) is 170 Å². The van der Waals surface area contributed by atoms with Crippen molar-refractivity contribution in [2.75, 3.05) is 0 Å². The zero-order chi connectivity index (χ0) is 36.4. The number of nitrogens with zero attached hydrogens (tertiary/aromatic N) is 3. The Kier molecular flexibility index (Phi) is 6.09. The van der Waals surface area contributed by atoms with Gasteiger partial charge in [0.1, 0.15) is 11.2 Å². The Hall–Kier alpha value is -7.04. The Bertz CT molecular complexity index is 3420. The Labute approximate surface area is 316 Å². The molecule has 0 atom stereocenters. The number of rotatable bonds is 3. The first kappa shape index (κ1) is 30.4. The van der Waals surface area contributed by atoms with E-state index < -0.39 is 0 Å². The van der Waals surface area contributed by atoms with Crippen LogP contribution < -0.4 is 0 Å². The van der Waals surface area contributed by atoms with E-state index >= 15 is 0 Å². The maximum Gasteiger partial charge on any atom is 0.160 e. The molecule has 0 fully saturated rings. The minimum Gasteiger partial charge on any atom is -0.456 e. The van der Waals surface area contributed by atoms with Gasteiger partial charge in [-0.2, -0.15) is 0 Å². The van der Waals surface area contributed by atoms with Crippen LogP contribution in [0.3, 0.4) is 0 Å². The fourth-order valence-electron chi connectivity index (χ4n) is 9.27. The summed E-state index contributed by atoms with van der Waals surface area (Å²) in [6.07, 6.45) is 0. The van der Waals surface area contributed by atoms with Gasteiger partial charge in [-0.15, -0.1) is 0 Å². The van der Waals surface area contributed by atoms with Crippen molar-refractivity contribution in [3.63, 3.8) is 0 Å². The maximum absolute atomic E-state index is 6.37. The number of fused-ring (bicyclic) bond motifs is 11. The van der Waals surface area contributed by atoms with Gasteiger partial charge in [-0.05, 0) is 81.7 Å². The van der Waals surface area contributed by atoms with Gasteiger partial charge in [-0.25, -0.2) is 9.97 Å². The first-order valence-corrected chi connectivity index (χ1v) is 18.9. The standard InChI is InChI=1S/C51H33N3O/c1-51(2)42-16-8-5-15-40(42)49-47(51)48(34-22-24-39-38-14-7-10-18-45(38)55-46(39)29-34)52-50(53-49)35-20-19-33-26-36(23-21-32(33)25-35)54-43-17-9-6-13-37(43)41-27-30-11-3-4-12-31(30)28-44(41)54/h3-29H,1-2H3. The number of para-hydroxylation sites is 2. The van der Waals surface area contributed by atoms with Crippen molar-refractivity contribution < 1.29 is 4.42 Å². The molecule has 11 aromatic rings. The van der Waals surface area contributed by atoms with Crippen molar-refractivity contribution in [3.05, 3.63) is 175 Å². The quantitative estimate of drug-likeness (QED) is 0.184. The second-order valence-corrected chi connectivity index (χ2v) is 15.4. The molecule has 0 saturated heterocycles. The second-order valence-electron chi connectivity index (χ2n) is 15.4. The van der Waals surface area contributed by atoms with Gasteiger partial charge in [0.05, 0.1) is 22.4 Å². The van der Waals surface area contributed by atoms with E-state index in [4.69, 9.17) is 14.4 Å². The highest BCUT2D eigenvalue weighted by Crippen LogP contribution is 2.51. The highest BCUT2D eigenvalue weighted by Gasteiger charge is 2.40. The SMILES string of the molecule is CC1(C)c2ccccc2-c2nc(-c3ccc4cc(-n5c6ccccc6c6cc7ccccc7cc65)ccc4c3)nc(-c3ccc4c(c3)oc3ccccc34)c21. The third kappa shape index (κ3) is 4.34. The van der Waals surface area contributed by atoms with E-state index in [1.807, 2.05) is 12.1 Å². The van der Waals surface area contributed by atoms with Crippen molar-refractivity contribution in [2.24, 2.45) is 0 Å². The topological polar surface area (TPSA) is 43.9 Å². The molecule has 0 unspecified atom stereocenters. The van der Waals surface area contributed by atoms with Gasteiger partial charge in [0.15, 0.2) is 5.82 Å². The summed E-state index contributed by atoms with van der Waals surface area (Å²) in [5.41, 5.74) is 12.6. The highest BCUT2D eigenvalue weighted by atomic mass is 16.3. The van der Waals surface area contributed by atoms with Crippen LogP contribution in [-0.2, 0) is 5.41 Å². The van der Waals surface area contributed by atoms with Crippen molar-refractivity contribution in [3.8, 4) is 39.6 Å². The van der Waals surface area contributed by atoms with Gasteiger partial charge in [0.2, 0.25) is 0 Å². The molecule has 12 rings (SSSR count). The molecule has 0 aliphatic heterocycles. The molecule has 1 aliphatic carbocycles. The molecule has 4 heteroatoms. The molecule has 258 valence electrons. The summed E-state index contributed by atoms with van der Waals surface area (Å²) >= 11 is 0. The molecule has 55 heavy (non-hydrogen) atoms. The molecule has 0 N–H and O–H groups in total. The van der Waals surface area contributed by atoms with E-state index in [0.29, 0.717) is 5.82 Å². The van der Waals surface area contributed by atoms with Crippen molar-refractivity contribution >= 4 is 65.3 Å². The third-order valence-electron chi connectivity index (χ3n) is 11.9. The van der Waals surface area contributed by atoms with E-state index in [0.717, 1.165) is 66.5 Å². The Morgan fingerprint density at radius 2 is 1.15 bits per heavy atom. The number of furan rings is 1. The molecule has 1 aliphatic rings. The molecule has 0 bridgehead atoms. The van der Waals surface area contributed by atoms with Crippen LogP contribution in [0.1, 0.15) is 25.0 Å². The summed E-state index contributed by atoms with van der Waals surface area (Å²) < 4.78 is 8.77. The van der Waals surface area contributed by atoms with E-state index in [9.17, 15) is 0 Å². The fourth-order valence-corrected chi connectivity index (χ4v) is 9.27. The number of aromatic nitrogens is 3. The average molecular weight is 704 g/mol. The van der Waals surface area contributed by atoms with Gasteiger partial charge in [0.25, 0.3) is 0 Å². The Morgan fingerprint density at radius 1 is 0.473 bits per heavy atom. The monoisotopic (exact) mass is 703 g/mol. The second kappa shape index (κ2) is 11.0. The van der Waals surface area contributed by atoms with Crippen LogP contribution in [0.25, 0.3) is 105 Å². The Morgan fingerprint density at radius 3 is 2.05 bits per heavy atom. The lowest BCUT2D eigenvalue weighted by Crippen LogP contribution is -2.17. The molecule has 8 aromatic carbocycles. The molecule has 3 heterocycles. The summed E-state index contributed by atoms with van der Waals surface area (Å²) in [5.74, 6) is 0.714. The van der Waals surface area contributed by atoms with Crippen LogP contribution in [-0.4, -0.2) is 14.5 Å². The molecule has 0 radical (unpaired) electrons. The zero-order valence-corrected chi connectivity index (χ0v) is 30.3. The lowest BCUT2D eigenvalue weighted by atomic mass is 9.80. The summed E-state index contributed by atoms with van der Waals surface area (Å²) in [5, 5.41) is 9.54. The molecule has 4 nitrogen and oxygen atoms in total. The zero-order valence-electron chi connectivity index (χ0n) is 30.3.